The minimum atomic E-state index is -4.63. The van der Waals surface area contributed by atoms with Crippen LogP contribution in [0, 0.1) is 18.6 Å². The van der Waals surface area contributed by atoms with Crippen molar-refractivity contribution in [3.05, 3.63) is 64.4 Å². The summed E-state index contributed by atoms with van der Waals surface area (Å²) in [6.07, 6.45) is -4.63. The monoisotopic (exact) mass is 414 g/mol. The van der Waals surface area contributed by atoms with Crippen molar-refractivity contribution in [1.82, 2.24) is 9.97 Å². The van der Waals surface area contributed by atoms with Gasteiger partial charge in [0.1, 0.15) is 11.6 Å². The highest BCUT2D eigenvalue weighted by molar-refractivity contribution is 7.14. The van der Waals surface area contributed by atoms with E-state index >= 15 is 0 Å². The molecule has 0 aliphatic carbocycles. The van der Waals surface area contributed by atoms with Gasteiger partial charge in [-0.25, -0.2) is 18.7 Å². The van der Waals surface area contributed by atoms with E-state index in [2.05, 4.69) is 20.6 Å². The number of aryl methyl sites for hydroxylation is 1. The molecule has 2 heterocycles. The van der Waals surface area contributed by atoms with E-state index < -0.39 is 29.4 Å². The lowest BCUT2D eigenvalue weighted by Gasteiger charge is -2.12. The first kappa shape index (κ1) is 19.7. The van der Waals surface area contributed by atoms with E-state index in [9.17, 15) is 26.7 Å². The topological polar surface area (TPSA) is 66.9 Å². The molecule has 0 saturated carbocycles. The number of hydrogen-bond acceptors (Lipinski definition) is 5. The molecule has 2 aromatic heterocycles. The third kappa shape index (κ3) is 4.60. The first-order valence-corrected chi connectivity index (χ1v) is 8.54. The molecule has 0 aliphatic heterocycles. The number of pyridine rings is 1. The number of halogens is 5. The van der Waals surface area contributed by atoms with Gasteiger partial charge in [-0.1, -0.05) is 0 Å². The molecule has 3 aromatic rings. The zero-order chi connectivity index (χ0) is 20.5. The molecule has 0 atom stereocenters. The van der Waals surface area contributed by atoms with Gasteiger partial charge in [-0.05, 0) is 31.2 Å². The Balaban J connectivity index is 1.87. The van der Waals surface area contributed by atoms with Crippen molar-refractivity contribution in [3.8, 4) is 0 Å². The van der Waals surface area contributed by atoms with E-state index in [4.69, 9.17) is 0 Å². The second kappa shape index (κ2) is 7.50. The Hall–Kier alpha value is -3.08. The van der Waals surface area contributed by atoms with Crippen LogP contribution >= 0.6 is 11.3 Å². The van der Waals surface area contributed by atoms with Crippen LogP contribution in [0.1, 0.15) is 21.9 Å². The fourth-order valence-electron chi connectivity index (χ4n) is 2.23. The first-order chi connectivity index (χ1) is 13.1. The van der Waals surface area contributed by atoms with Crippen LogP contribution in [0.5, 0.6) is 0 Å². The molecule has 0 unspecified atom stereocenters. The molecule has 11 heteroatoms. The van der Waals surface area contributed by atoms with Crippen molar-refractivity contribution in [3.63, 3.8) is 0 Å². The van der Waals surface area contributed by atoms with Crippen LogP contribution in [-0.2, 0) is 6.18 Å². The summed E-state index contributed by atoms with van der Waals surface area (Å²) in [4.78, 5) is 19.9. The number of nitrogens with one attached hydrogen (secondary N) is 2. The van der Waals surface area contributed by atoms with Crippen LogP contribution in [0.25, 0.3) is 0 Å². The lowest BCUT2D eigenvalue weighted by molar-refractivity contribution is -0.140. The van der Waals surface area contributed by atoms with E-state index in [0.29, 0.717) is 23.1 Å². The van der Waals surface area contributed by atoms with Gasteiger partial charge in [0.05, 0.1) is 5.69 Å². The molecule has 0 radical (unpaired) electrons. The highest BCUT2D eigenvalue weighted by Gasteiger charge is 2.34. The van der Waals surface area contributed by atoms with E-state index in [1.54, 1.807) is 13.0 Å². The quantitative estimate of drug-likeness (QED) is 0.581. The van der Waals surface area contributed by atoms with Gasteiger partial charge in [0.25, 0.3) is 5.91 Å². The summed E-state index contributed by atoms with van der Waals surface area (Å²) in [5.74, 6) is -2.47. The maximum Gasteiger partial charge on any atom is 0.434 e. The molecule has 28 heavy (non-hydrogen) atoms. The van der Waals surface area contributed by atoms with Gasteiger partial charge in [-0.2, -0.15) is 13.2 Å². The van der Waals surface area contributed by atoms with Crippen molar-refractivity contribution in [2.24, 2.45) is 0 Å². The molecule has 1 aromatic carbocycles. The average molecular weight is 414 g/mol. The van der Waals surface area contributed by atoms with Crippen molar-refractivity contribution < 1.29 is 26.7 Å². The predicted molar refractivity (Wildman–Crippen MR) is 93.7 cm³/mol. The molecule has 2 N–H and O–H groups in total. The van der Waals surface area contributed by atoms with E-state index in [1.165, 1.54) is 6.07 Å². The number of carbonyl (C=O) groups excluding carboxylic acids is 1. The number of hydrogen-bond donors (Lipinski definition) is 2. The van der Waals surface area contributed by atoms with Crippen LogP contribution in [-0.4, -0.2) is 15.9 Å². The molecule has 0 bridgehead atoms. The maximum atomic E-state index is 13.4. The number of alkyl halides is 3. The number of rotatable bonds is 4. The second-order valence-corrected chi connectivity index (χ2v) is 6.48. The van der Waals surface area contributed by atoms with Gasteiger partial charge in [-0.15, -0.1) is 11.3 Å². The van der Waals surface area contributed by atoms with Crippen molar-refractivity contribution in [2.75, 3.05) is 10.6 Å². The van der Waals surface area contributed by atoms with Crippen LogP contribution in [0.2, 0.25) is 0 Å². The second-order valence-electron chi connectivity index (χ2n) is 5.62. The third-order valence-electron chi connectivity index (χ3n) is 3.41. The molecule has 0 spiro atoms. The standard InChI is InChI=1S/C17H11F5N4OS/c1-8-2-3-12(24-11-5-9(18)4-10(19)6-11)14(23-8)15(27)26-16-25-13(7-28-16)17(20,21)22/h2-7,24H,1H3,(H,25,26,27). The Morgan fingerprint density at radius 2 is 1.75 bits per heavy atom. The summed E-state index contributed by atoms with van der Waals surface area (Å²) in [5.41, 5.74) is -0.699. The maximum absolute atomic E-state index is 13.4. The Morgan fingerprint density at radius 3 is 2.36 bits per heavy atom. The highest BCUT2D eigenvalue weighted by Crippen LogP contribution is 2.32. The lowest BCUT2D eigenvalue weighted by atomic mass is 10.2. The minimum absolute atomic E-state index is 0.0332. The first-order valence-electron chi connectivity index (χ1n) is 7.66. The van der Waals surface area contributed by atoms with Crippen LogP contribution in [0.4, 0.5) is 38.5 Å². The normalized spacial score (nSPS) is 11.4. The molecule has 0 saturated heterocycles. The number of amides is 1. The summed E-state index contributed by atoms with van der Waals surface area (Å²) in [5, 5.41) is 5.43. The summed E-state index contributed by atoms with van der Waals surface area (Å²) >= 11 is 0.607. The van der Waals surface area contributed by atoms with E-state index in [-0.39, 0.29) is 22.2 Å². The number of anilines is 3. The smallest absolute Gasteiger partial charge is 0.353 e. The fourth-order valence-corrected chi connectivity index (χ4v) is 2.94. The Kier molecular flexibility index (Phi) is 5.27. The molecule has 0 fully saturated rings. The predicted octanol–water partition coefficient (Wildman–Crippen LogP) is 5.14. The number of nitrogens with zero attached hydrogens (tertiary/aromatic N) is 2. The number of thiazole rings is 1. The largest absolute Gasteiger partial charge is 0.434 e. The van der Waals surface area contributed by atoms with Gasteiger partial charge in [-0.3, -0.25) is 10.1 Å². The molecule has 1 amide bonds. The van der Waals surface area contributed by atoms with Gasteiger partial charge in [0, 0.05) is 22.8 Å². The van der Waals surface area contributed by atoms with Crippen molar-refractivity contribution >= 4 is 33.8 Å². The molecule has 0 aliphatic rings. The fraction of sp³-hybridized carbons (Fsp3) is 0.118. The Morgan fingerprint density at radius 1 is 1.07 bits per heavy atom. The summed E-state index contributed by atoms with van der Waals surface area (Å²) in [7, 11) is 0. The number of aromatic nitrogens is 2. The Bertz CT molecular complexity index is 1010. The average Bonchev–Trinajstić information content (AvgIpc) is 3.04. The van der Waals surface area contributed by atoms with Crippen molar-refractivity contribution in [1.29, 1.82) is 0 Å². The number of carbonyl (C=O) groups is 1. The van der Waals surface area contributed by atoms with E-state index in [1.807, 2.05) is 0 Å². The third-order valence-corrected chi connectivity index (χ3v) is 4.16. The SMILES string of the molecule is Cc1ccc(Nc2cc(F)cc(F)c2)c(C(=O)Nc2nc(C(F)(F)F)cs2)n1. The zero-order valence-corrected chi connectivity index (χ0v) is 14.9. The summed E-state index contributed by atoms with van der Waals surface area (Å²) in [6.45, 7) is 1.60. The lowest BCUT2D eigenvalue weighted by Crippen LogP contribution is -2.16. The molecule has 146 valence electrons. The van der Waals surface area contributed by atoms with Crippen molar-refractivity contribution in [2.45, 2.75) is 13.1 Å². The van der Waals surface area contributed by atoms with Gasteiger partial charge in [0.15, 0.2) is 16.5 Å². The van der Waals surface area contributed by atoms with Gasteiger partial charge >= 0.3 is 6.18 Å². The van der Waals surface area contributed by atoms with Crippen LogP contribution in [0.3, 0.4) is 0 Å². The molecule has 5 nitrogen and oxygen atoms in total. The minimum Gasteiger partial charge on any atom is -0.353 e. The molecular formula is C17H11F5N4OS. The van der Waals surface area contributed by atoms with Crippen LogP contribution in [0.15, 0.2) is 35.7 Å². The van der Waals surface area contributed by atoms with Crippen LogP contribution < -0.4 is 10.6 Å². The van der Waals surface area contributed by atoms with Gasteiger partial charge < -0.3 is 5.32 Å². The zero-order valence-electron chi connectivity index (χ0n) is 14.1. The van der Waals surface area contributed by atoms with E-state index in [0.717, 1.165) is 17.5 Å². The Labute approximate surface area is 159 Å². The highest BCUT2D eigenvalue weighted by atomic mass is 32.1. The molecular weight excluding hydrogens is 403 g/mol. The summed E-state index contributed by atoms with van der Waals surface area (Å²) < 4.78 is 64.6. The summed E-state index contributed by atoms with van der Waals surface area (Å²) in [6, 6.07) is 5.73. The number of benzene rings is 1. The molecule has 3 rings (SSSR count). The van der Waals surface area contributed by atoms with Gasteiger partial charge in [0.2, 0.25) is 0 Å².